The molecule has 0 saturated carbocycles. The maximum Gasteiger partial charge on any atom is 0.358 e. The molecule has 0 bridgehead atoms. The molecule has 2 heterocycles. The fraction of sp³-hybridized carbons (Fsp3) is 0.250. The monoisotopic (exact) mass is 601 g/mol. The lowest BCUT2D eigenvalue weighted by Gasteiger charge is -2.14. The van der Waals surface area contributed by atoms with E-state index in [1.165, 1.54) is 5.53 Å². The van der Waals surface area contributed by atoms with Crippen molar-refractivity contribution in [2.75, 3.05) is 6.61 Å². The second-order valence-corrected chi connectivity index (χ2v) is 10.5. The molecule has 0 saturated heterocycles. The highest BCUT2D eigenvalue weighted by molar-refractivity contribution is 6.32. The predicted octanol–water partition coefficient (Wildman–Crippen LogP) is 4.11. The van der Waals surface area contributed by atoms with Gasteiger partial charge in [0.15, 0.2) is 16.7 Å². The Morgan fingerprint density at radius 3 is 2.56 bits per heavy atom. The first-order valence-corrected chi connectivity index (χ1v) is 14.6. The number of cyclic esters (lactones) is 1. The Hall–Kier alpha value is -4.51. The SMILES string of the molecule is CCCCc1nc(Cl)c(C(=O)OCCC2OC(=O)c3ccccc32)n1Cc1ccc(-c2ccccc2/C(N)=N/[NH2+]N)cc1. The number of amidine groups is 1. The van der Waals surface area contributed by atoms with Crippen molar-refractivity contribution in [3.05, 3.63) is 112 Å². The standard InChI is InChI=1S/C32H33ClN6O4/c1-2-3-12-27-36-29(33)28(32(41)42-18-17-26-23-9-5-7-11-25(23)31(40)43-26)39(27)19-20-13-15-21(16-14-20)22-8-4-6-10-24(22)30(34)37-38-35/h4-11,13-16,26,38H,2-3,12,17-19,35H2,1H3,(H2,34,37)/p+1. The number of aryl methyl sites for hydroxylation is 1. The molecule has 4 aromatic rings. The van der Waals surface area contributed by atoms with Gasteiger partial charge in [-0.25, -0.2) is 14.6 Å². The van der Waals surface area contributed by atoms with Gasteiger partial charge < -0.3 is 19.8 Å². The number of rotatable bonds is 12. The van der Waals surface area contributed by atoms with Crippen LogP contribution in [0.4, 0.5) is 0 Å². The summed E-state index contributed by atoms with van der Waals surface area (Å²) in [6.07, 6.45) is 2.41. The van der Waals surface area contributed by atoms with Gasteiger partial charge in [0.05, 0.1) is 12.2 Å². The van der Waals surface area contributed by atoms with Gasteiger partial charge in [-0.3, -0.25) is 0 Å². The number of imidazole rings is 1. The first kappa shape index (κ1) is 30.0. The van der Waals surface area contributed by atoms with E-state index in [0.717, 1.165) is 40.7 Å². The third-order valence-electron chi connectivity index (χ3n) is 7.36. The Morgan fingerprint density at radius 1 is 1.09 bits per heavy atom. The molecule has 6 N–H and O–H groups in total. The molecule has 0 amide bonds. The van der Waals surface area contributed by atoms with Crippen LogP contribution in [0.2, 0.25) is 5.15 Å². The number of benzene rings is 3. The molecule has 3 aromatic carbocycles. The third kappa shape index (κ3) is 6.61. The van der Waals surface area contributed by atoms with Crippen LogP contribution in [-0.4, -0.2) is 33.9 Å². The molecular weight excluding hydrogens is 568 g/mol. The number of esters is 2. The Kier molecular flexibility index (Phi) is 9.51. The summed E-state index contributed by atoms with van der Waals surface area (Å²) in [5, 5.41) is 4.14. The largest absolute Gasteiger partial charge is 0.461 e. The molecule has 11 heteroatoms. The van der Waals surface area contributed by atoms with Crippen LogP contribution in [0.1, 0.15) is 75.7 Å². The zero-order chi connectivity index (χ0) is 30.3. The Balaban J connectivity index is 1.34. The summed E-state index contributed by atoms with van der Waals surface area (Å²) in [6.45, 7) is 2.53. The summed E-state index contributed by atoms with van der Waals surface area (Å²) in [6, 6.07) is 22.9. The van der Waals surface area contributed by atoms with Crippen LogP contribution in [0.5, 0.6) is 0 Å². The smallest absolute Gasteiger partial charge is 0.358 e. The van der Waals surface area contributed by atoms with E-state index >= 15 is 0 Å². The van der Waals surface area contributed by atoms with Crippen molar-refractivity contribution in [3.8, 4) is 11.1 Å². The summed E-state index contributed by atoms with van der Waals surface area (Å²) in [4.78, 5) is 30.0. The Labute approximate surface area is 254 Å². The first-order chi connectivity index (χ1) is 20.9. The van der Waals surface area contributed by atoms with Crippen LogP contribution in [-0.2, 0) is 22.4 Å². The van der Waals surface area contributed by atoms with Crippen molar-refractivity contribution >= 4 is 29.4 Å². The van der Waals surface area contributed by atoms with Gasteiger partial charge in [-0.15, -0.1) is 5.53 Å². The number of hydrogen-bond donors (Lipinski definition) is 3. The number of hydrogen-bond acceptors (Lipinski definition) is 7. The van der Waals surface area contributed by atoms with Gasteiger partial charge in [-0.1, -0.05) is 91.7 Å². The van der Waals surface area contributed by atoms with Crippen molar-refractivity contribution in [2.45, 2.75) is 45.3 Å². The van der Waals surface area contributed by atoms with E-state index in [0.29, 0.717) is 36.6 Å². The average Bonchev–Trinajstić information content (AvgIpc) is 3.51. The molecule has 0 aliphatic carbocycles. The average molecular weight is 602 g/mol. The van der Waals surface area contributed by atoms with E-state index < -0.39 is 12.1 Å². The van der Waals surface area contributed by atoms with E-state index in [1.807, 2.05) is 65.2 Å². The molecule has 5 rings (SSSR count). The van der Waals surface area contributed by atoms with Gasteiger partial charge in [0.2, 0.25) is 0 Å². The van der Waals surface area contributed by atoms with Crippen LogP contribution in [0.15, 0.2) is 77.9 Å². The van der Waals surface area contributed by atoms with Crippen molar-refractivity contribution in [3.63, 3.8) is 0 Å². The molecule has 43 heavy (non-hydrogen) atoms. The number of carbonyl (C=O) groups is 2. The highest BCUT2D eigenvalue weighted by atomic mass is 35.5. The lowest BCUT2D eigenvalue weighted by atomic mass is 9.98. The molecule has 0 spiro atoms. The first-order valence-electron chi connectivity index (χ1n) is 14.2. The van der Waals surface area contributed by atoms with Gasteiger partial charge in [-0.05, 0) is 34.3 Å². The highest BCUT2D eigenvalue weighted by Gasteiger charge is 2.31. The molecule has 10 nitrogen and oxygen atoms in total. The number of nitrogens with two attached hydrogens (primary N) is 3. The van der Waals surface area contributed by atoms with Gasteiger partial charge in [0, 0.05) is 30.5 Å². The zero-order valence-corrected chi connectivity index (χ0v) is 24.6. The van der Waals surface area contributed by atoms with E-state index in [9.17, 15) is 9.59 Å². The number of halogens is 1. The number of aromatic nitrogens is 2. The van der Waals surface area contributed by atoms with Gasteiger partial charge in [-0.2, -0.15) is 5.84 Å². The van der Waals surface area contributed by atoms with E-state index in [-0.39, 0.29) is 23.4 Å². The second kappa shape index (κ2) is 13.6. The normalized spacial score (nSPS) is 14.4. The number of carbonyl (C=O) groups excluding carboxylic acids is 2. The number of ether oxygens (including phenoxy) is 2. The summed E-state index contributed by atoms with van der Waals surface area (Å²) < 4.78 is 12.9. The van der Waals surface area contributed by atoms with E-state index in [1.54, 1.807) is 12.1 Å². The highest BCUT2D eigenvalue weighted by Crippen LogP contribution is 2.33. The van der Waals surface area contributed by atoms with Crippen molar-refractivity contribution in [1.82, 2.24) is 9.55 Å². The van der Waals surface area contributed by atoms with E-state index in [4.69, 9.17) is 32.7 Å². The molecule has 222 valence electrons. The molecule has 0 fully saturated rings. The molecule has 1 aromatic heterocycles. The minimum atomic E-state index is -0.574. The van der Waals surface area contributed by atoms with E-state index in [2.05, 4.69) is 17.0 Å². The Bertz CT molecular complexity index is 1650. The summed E-state index contributed by atoms with van der Waals surface area (Å²) >= 11 is 6.52. The number of unbranched alkanes of at least 4 members (excludes halogenated alkanes) is 1. The van der Waals surface area contributed by atoms with Gasteiger partial charge in [0.1, 0.15) is 11.9 Å². The summed E-state index contributed by atoms with van der Waals surface area (Å²) in [5.74, 6) is 5.55. The van der Waals surface area contributed by atoms with Gasteiger partial charge in [0.25, 0.3) is 0 Å². The summed E-state index contributed by atoms with van der Waals surface area (Å²) in [5.41, 5.74) is 12.5. The van der Waals surface area contributed by atoms with Gasteiger partial charge >= 0.3 is 11.9 Å². The minimum Gasteiger partial charge on any atom is -0.461 e. The summed E-state index contributed by atoms with van der Waals surface area (Å²) in [7, 11) is 0. The Morgan fingerprint density at radius 2 is 1.81 bits per heavy atom. The quantitative estimate of drug-likeness (QED) is 0.0726. The number of fused-ring (bicyclic) bond motifs is 1. The maximum atomic E-state index is 13.3. The second-order valence-electron chi connectivity index (χ2n) is 10.2. The predicted molar refractivity (Wildman–Crippen MR) is 163 cm³/mol. The fourth-order valence-corrected chi connectivity index (χ4v) is 5.48. The topological polar surface area (TPSA) is 151 Å². The van der Waals surface area contributed by atoms with Crippen LogP contribution < -0.4 is 17.1 Å². The van der Waals surface area contributed by atoms with Crippen LogP contribution in [0, 0.1) is 0 Å². The van der Waals surface area contributed by atoms with Crippen LogP contribution in [0.25, 0.3) is 11.1 Å². The zero-order valence-electron chi connectivity index (χ0n) is 23.8. The van der Waals surface area contributed by atoms with Crippen molar-refractivity contribution in [2.24, 2.45) is 16.7 Å². The fourth-order valence-electron chi connectivity index (χ4n) is 5.20. The lowest BCUT2D eigenvalue weighted by molar-refractivity contribution is -0.673. The molecule has 1 unspecified atom stereocenters. The number of nitrogens with zero attached hydrogens (tertiary/aromatic N) is 3. The molecule has 1 aliphatic rings. The third-order valence-corrected chi connectivity index (χ3v) is 7.63. The van der Waals surface area contributed by atoms with Crippen molar-refractivity contribution < 1.29 is 24.6 Å². The van der Waals surface area contributed by atoms with Crippen molar-refractivity contribution in [1.29, 1.82) is 0 Å². The molecule has 0 radical (unpaired) electrons. The van der Waals surface area contributed by atoms with Crippen LogP contribution in [0.3, 0.4) is 0 Å². The number of quaternary nitrogens is 1. The van der Waals surface area contributed by atoms with Crippen LogP contribution >= 0.6 is 11.6 Å². The molecule has 1 aliphatic heterocycles. The molecular formula is C32H34ClN6O4+. The minimum absolute atomic E-state index is 0.0549. The molecule has 1 atom stereocenters. The maximum absolute atomic E-state index is 13.3. The lowest BCUT2D eigenvalue weighted by Crippen LogP contribution is -2.86.